The molecule has 1 aliphatic rings. The number of hydrogen-bond acceptors (Lipinski definition) is 3. The lowest BCUT2D eigenvalue weighted by Gasteiger charge is -2.33. The average molecular weight is 233 g/mol. The van der Waals surface area contributed by atoms with E-state index < -0.39 is 0 Å². The van der Waals surface area contributed by atoms with Crippen LogP contribution in [-0.4, -0.2) is 30.2 Å². The van der Waals surface area contributed by atoms with Crippen molar-refractivity contribution in [2.75, 3.05) is 18.0 Å². The molecule has 94 valence electrons. The number of nitrogens with one attached hydrogen (secondary N) is 1. The van der Waals surface area contributed by atoms with Gasteiger partial charge in [0, 0.05) is 31.4 Å². The first-order valence-electron chi connectivity index (χ1n) is 6.70. The predicted molar refractivity (Wildman–Crippen MR) is 72.4 cm³/mol. The monoisotopic (exact) mass is 233 g/mol. The number of pyridine rings is 1. The van der Waals surface area contributed by atoms with Gasteiger partial charge in [-0.2, -0.15) is 0 Å². The zero-order valence-electron chi connectivity index (χ0n) is 10.9. The third-order valence-corrected chi connectivity index (χ3v) is 3.60. The third kappa shape index (κ3) is 3.43. The maximum absolute atomic E-state index is 4.21. The maximum Gasteiger partial charge on any atom is 0.0552 e. The van der Waals surface area contributed by atoms with Gasteiger partial charge in [0.2, 0.25) is 0 Å². The first-order chi connectivity index (χ1) is 8.29. The number of rotatable bonds is 2. The molecule has 3 nitrogen and oxygen atoms in total. The lowest BCUT2D eigenvalue weighted by atomic mass is 10.1. The summed E-state index contributed by atoms with van der Waals surface area (Å²) in [5.74, 6) is 0. The molecule has 1 aliphatic heterocycles. The van der Waals surface area contributed by atoms with Crippen LogP contribution in [0.3, 0.4) is 0 Å². The van der Waals surface area contributed by atoms with Crippen molar-refractivity contribution in [3.05, 3.63) is 24.5 Å². The van der Waals surface area contributed by atoms with Crippen molar-refractivity contribution in [1.29, 1.82) is 0 Å². The Morgan fingerprint density at radius 2 is 2.24 bits per heavy atom. The minimum absolute atomic E-state index is 0.611. The van der Waals surface area contributed by atoms with Gasteiger partial charge in [0.05, 0.1) is 11.9 Å². The molecule has 1 N–H and O–H groups in total. The molecule has 0 bridgehead atoms. The van der Waals surface area contributed by atoms with Gasteiger partial charge in [-0.25, -0.2) is 0 Å². The van der Waals surface area contributed by atoms with Crippen LogP contribution >= 0.6 is 0 Å². The SMILES string of the molecule is CCC1CCN(c2cccnc2)CCC(C)N1. The molecule has 1 aromatic rings. The highest BCUT2D eigenvalue weighted by molar-refractivity contribution is 5.43. The maximum atomic E-state index is 4.21. The Morgan fingerprint density at radius 1 is 1.41 bits per heavy atom. The Hall–Kier alpha value is -1.09. The lowest BCUT2D eigenvalue weighted by molar-refractivity contribution is 0.378. The summed E-state index contributed by atoms with van der Waals surface area (Å²) in [6, 6.07) is 5.45. The highest BCUT2D eigenvalue weighted by Crippen LogP contribution is 2.16. The first kappa shape index (κ1) is 12.4. The molecule has 1 fully saturated rings. The standard InChI is InChI=1S/C14H23N3/c1-3-13-7-10-17(9-6-12(2)16-13)14-5-4-8-15-11-14/h4-5,8,11-13,16H,3,6-7,9-10H2,1-2H3. The summed E-state index contributed by atoms with van der Waals surface area (Å²) in [4.78, 5) is 6.68. The van der Waals surface area contributed by atoms with E-state index in [-0.39, 0.29) is 0 Å². The van der Waals surface area contributed by atoms with Crippen LogP contribution in [-0.2, 0) is 0 Å². The van der Waals surface area contributed by atoms with Crippen molar-refractivity contribution in [3.8, 4) is 0 Å². The molecule has 0 aromatic carbocycles. The van der Waals surface area contributed by atoms with E-state index in [4.69, 9.17) is 0 Å². The second kappa shape index (κ2) is 6.01. The molecule has 0 saturated carbocycles. The molecule has 0 amide bonds. The number of hydrogen-bond donors (Lipinski definition) is 1. The summed E-state index contributed by atoms with van der Waals surface area (Å²) in [5.41, 5.74) is 1.26. The Bertz CT molecular complexity index is 325. The van der Waals surface area contributed by atoms with Gasteiger partial charge in [-0.3, -0.25) is 4.98 Å². The van der Waals surface area contributed by atoms with Crippen LogP contribution in [0.1, 0.15) is 33.1 Å². The van der Waals surface area contributed by atoms with E-state index in [1.54, 1.807) is 0 Å². The molecular formula is C14H23N3. The van der Waals surface area contributed by atoms with Gasteiger partial charge in [-0.1, -0.05) is 6.92 Å². The summed E-state index contributed by atoms with van der Waals surface area (Å²) in [5, 5.41) is 3.70. The highest BCUT2D eigenvalue weighted by atomic mass is 15.1. The second-order valence-electron chi connectivity index (χ2n) is 4.95. The summed E-state index contributed by atoms with van der Waals surface area (Å²) in [7, 11) is 0. The molecule has 2 unspecified atom stereocenters. The van der Waals surface area contributed by atoms with Gasteiger partial charge in [0.15, 0.2) is 0 Å². The second-order valence-corrected chi connectivity index (χ2v) is 4.95. The lowest BCUT2D eigenvalue weighted by Crippen LogP contribution is -2.44. The summed E-state index contributed by atoms with van der Waals surface area (Å²) < 4.78 is 0. The Balaban J connectivity index is 2.03. The largest absolute Gasteiger partial charge is 0.370 e. The van der Waals surface area contributed by atoms with Crippen LogP contribution in [0.15, 0.2) is 24.5 Å². The smallest absolute Gasteiger partial charge is 0.0552 e. The van der Waals surface area contributed by atoms with Crippen LogP contribution in [0, 0.1) is 0 Å². The predicted octanol–water partition coefficient (Wildman–Crippen LogP) is 2.44. The summed E-state index contributed by atoms with van der Waals surface area (Å²) in [6.07, 6.45) is 7.44. The van der Waals surface area contributed by atoms with E-state index in [1.807, 2.05) is 18.5 Å². The Morgan fingerprint density at radius 3 is 2.94 bits per heavy atom. The average Bonchev–Trinajstić information content (AvgIpc) is 2.35. The number of aromatic nitrogens is 1. The zero-order valence-corrected chi connectivity index (χ0v) is 10.9. The van der Waals surface area contributed by atoms with E-state index in [1.165, 1.54) is 24.9 Å². The molecule has 1 saturated heterocycles. The molecule has 0 spiro atoms. The van der Waals surface area contributed by atoms with Crippen molar-refractivity contribution >= 4 is 5.69 Å². The topological polar surface area (TPSA) is 28.2 Å². The minimum Gasteiger partial charge on any atom is -0.370 e. The van der Waals surface area contributed by atoms with Crippen molar-refractivity contribution in [3.63, 3.8) is 0 Å². The van der Waals surface area contributed by atoms with Crippen LogP contribution < -0.4 is 10.2 Å². The molecule has 3 heteroatoms. The molecule has 1 aromatic heterocycles. The van der Waals surface area contributed by atoms with Gasteiger partial charge < -0.3 is 10.2 Å². The van der Waals surface area contributed by atoms with Crippen LogP contribution in [0.2, 0.25) is 0 Å². The molecule has 2 rings (SSSR count). The molecule has 17 heavy (non-hydrogen) atoms. The van der Waals surface area contributed by atoms with E-state index >= 15 is 0 Å². The van der Waals surface area contributed by atoms with E-state index in [9.17, 15) is 0 Å². The van der Waals surface area contributed by atoms with Crippen molar-refractivity contribution in [2.24, 2.45) is 0 Å². The molecule has 0 radical (unpaired) electrons. The van der Waals surface area contributed by atoms with E-state index in [0.29, 0.717) is 12.1 Å². The fourth-order valence-corrected chi connectivity index (χ4v) is 2.46. The van der Waals surface area contributed by atoms with Crippen LogP contribution in [0.4, 0.5) is 5.69 Å². The van der Waals surface area contributed by atoms with Gasteiger partial charge in [-0.15, -0.1) is 0 Å². The zero-order chi connectivity index (χ0) is 12.1. The highest BCUT2D eigenvalue weighted by Gasteiger charge is 2.17. The molecule has 0 aliphatic carbocycles. The number of nitrogens with zero attached hydrogens (tertiary/aromatic N) is 2. The van der Waals surface area contributed by atoms with Gasteiger partial charge in [0.25, 0.3) is 0 Å². The van der Waals surface area contributed by atoms with Crippen molar-refractivity contribution in [1.82, 2.24) is 10.3 Å². The first-order valence-corrected chi connectivity index (χ1v) is 6.70. The van der Waals surface area contributed by atoms with Gasteiger partial charge in [0.1, 0.15) is 0 Å². The third-order valence-electron chi connectivity index (χ3n) is 3.60. The van der Waals surface area contributed by atoms with Crippen LogP contribution in [0.25, 0.3) is 0 Å². The van der Waals surface area contributed by atoms with E-state index in [0.717, 1.165) is 13.1 Å². The van der Waals surface area contributed by atoms with E-state index in [2.05, 4.69) is 35.1 Å². The van der Waals surface area contributed by atoms with Gasteiger partial charge >= 0.3 is 0 Å². The van der Waals surface area contributed by atoms with Crippen molar-refractivity contribution < 1.29 is 0 Å². The van der Waals surface area contributed by atoms with Gasteiger partial charge in [-0.05, 0) is 38.3 Å². The molecule has 2 heterocycles. The Kier molecular flexibility index (Phi) is 4.37. The van der Waals surface area contributed by atoms with Crippen LogP contribution in [0.5, 0.6) is 0 Å². The normalized spacial score (nSPS) is 26.4. The molecule has 2 atom stereocenters. The molecular weight excluding hydrogens is 210 g/mol. The summed E-state index contributed by atoms with van der Waals surface area (Å²) in [6.45, 7) is 6.80. The quantitative estimate of drug-likeness (QED) is 0.850. The Labute approximate surface area is 104 Å². The minimum atomic E-state index is 0.611. The van der Waals surface area contributed by atoms with Crippen molar-refractivity contribution in [2.45, 2.75) is 45.2 Å². The number of anilines is 1. The fraction of sp³-hybridized carbons (Fsp3) is 0.643. The summed E-state index contributed by atoms with van der Waals surface area (Å²) >= 11 is 0. The fourth-order valence-electron chi connectivity index (χ4n) is 2.46.